The maximum atomic E-state index is 5.26. The zero-order valence-corrected chi connectivity index (χ0v) is 8.58. The highest BCUT2D eigenvalue weighted by Crippen LogP contribution is 2.15. The van der Waals surface area contributed by atoms with Crippen molar-refractivity contribution >= 4 is 11.4 Å². The number of rotatable bonds is 5. The van der Waals surface area contributed by atoms with Gasteiger partial charge in [0.2, 0.25) is 0 Å². The fourth-order valence-electron chi connectivity index (χ4n) is 1.12. The van der Waals surface area contributed by atoms with Crippen LogP contribution in [0, 0.1) is 17.5 Å². The molecule has 0 bridgehead atoms. The van der Waals surface area contributed by atoms with Gasteiger partial charge in [0.25, 0.3) is 0 Å². The minimum absolute atomic E-state index is 0.728. The molecule has 0 saturated heterocycles. The molecule has 2 unspecified atom stereocenters. The average molecular weight is 173 g/mol. The molecule has 0 radical (unpaired) electrons. The molecule has 2 atom stereocenters. The Morgan fingerprint density at radius 2 is 2.00 bits per heavy atom. The van der Waals surface area contributed by atoms with Gasteiger partial charge in [0.15, 0.2) is 0 Å². The molecule has 0 aliphatic heterocycles. The van der Waals surface area contributed by atoms with Gasteiger partial charge in [0.05, 0.1) is 0 Å². The molecule has 66 valence electrons. The predicted molar refractivity (Wildman–Crippen MR) is 53.8 cm³/mol. The topological polar surface area (TPSA) is 12.0 Å². The first kappa shape index (κ1) is 11.0. The van der Waals surface area contributed by atoms with E-state index in [1.54, 1.807) is 0 Å². The smallest absolute Gasteiger partial charge is 0.0128 e. The Hall–Kier alpha value is -0.0400. The van der Waals surface area contributed by atoms with Crippen LogP contribution in [0.15, 0.2) is 0 Å². The van der Waals surface area contributed by atoms with Crippen molar-refractivity contribution in [3.05, 3.63) is 0 Å². The van der Waals surface area contributed by atoms with E-state index in [0.29, 0.717) is 0 Å². The van der Waals surface area contributed by atoms with Crippen LogP contribution in [0.2, 0.25) is 0 Å². The average Bonchev–Trinajstić information content (AvgIpc) is 2.00. The molecule has 0 aliphatic rings. The van der Waals surface area contributed by atoms with Gasteiger partial charge in [-0.3, -0.25) is 0 Å². The first-order chi connectivity index (χ1) is 5.22. The van der Waals surface area contributed by atoms with Gasteiger partial charge in [-0.2, -0.15) is 0 Å². The zero-order chi connectivity index (χ0) is 8.69. The Morgan fingerprint density at radius 3 is 2.45 bits per heavy atom. The summed E-state index contributed by atoms with van der Waals surface area (Å²) in [6, 6.07) is 0. The lowest BCUT2D eigenvalue weighted by Gasteiger charge is -2.17. The van der Waals surface area contributed by atoms with E-state index < -0.39 is 0 Å². The van der Waals surface area contributed by atoms with Gasteiger partial charge >= 0.3 is 0 Å². The molecule has 1 nitrogen and oxygen atoms in total. The lowest BCUT2D eigenvalue weighted by Crippen LogP contribution is -2.19. The third-order valence-electron chi connectivity index (χ3n) is 2.20. The minimum atomic E-state index is 0.728. The first-order valence-corrected chi connectivity index (χ1v) is 5.18. The monoisotopic (exact) mass is 173 g/mol. The quantitative estimate of drug-likeness (QED) is 0.630. The summed E-state index contributed by atoms with van der Waals surface area (Å²) in [6.07, 6.45) is 2.60. The van der Waals surface area contributed by atoms with Crippen LogP contribution in [0.1, 0.15) is 33.6 Å². The highest BCUT2D eigenvalue weighted by molar-refractivity contribution is 7.86. The van der Waals surface area contributed by atoms with Crippen molar-refractivity contribution in [3.63, 3.8) is 0 Å². The summed E-state index contributed by atoms with van der Waals surface area (Å²) >= 11 is 1.22. The van der Waals surface area contributed by atoms with Gasteiger partial charge in [-0.25, -0.2) is 4.72 Å². The molecule has 0 aromatic rings. The Kier molecular flexibility index (Phi) is 6.63. The van der Waals surface area contributed by atoms with E-state index in [4.69, 9.17) is 5.69 Å². The Labute approximate surface area is 74.3 Å². The van der Waals surface area contributed by atoms with E-state index in [1.807, 2.05) is 0 Å². The third kappa shape index (κ3) is 5.25. The second-order valence-electron chi connectivity index (χ2n) is 3.21. The van der Waals surface area contributed by atoms with Gasteiger partial charge in [-0.1, -0.05) is 50.7 Å². The van der Waals surface area contributed by atoms with Crippen molar-refractivity contribution in [2.45, 2.75) is 33.6 Å². The molecule has 2 heteroatoms. The molecular formula is C9H19NS. The molecular weight excluding hydrogens is 154 g/mol. The molecule has 0 fully saturated rings. The van der Waals surface area contributed by atoms with Crippen LogP contribution in [0.5, 0.6) is 0 Å². The second kappa shape index (κ2) is 6.66. The number of hydrogen-bond acceptors (Lipinski definition) is 1. The summed E-state index contributed by atoms with van der Waals surface area (Å²) in [5, 5.41) is 0. The fourth-order valence-corrected chi connectivity index (χ4v) is 1.48. The van der Waals surface area contributed by atoms with Crippen molar-refractivity contribution in [1.82, 2.24) is 4.72 Å². The summed E-state index contributed by atoms with van der Waals surface area (Å²) in [6.45, 7) is 7.82. The van der Waals surface area contributed by atoms with E-state index in [-0.39, 0.29) is 0 Å². The summed E-state index contributed by atoms with van der Waals surface area (Å²) in [5.74, 6) is 1.53. The lowest BCUT2D eigenvalue weighted by atomic mass is 9.92. The van der Waals surface area contributed by atoms with Crippen LogP contribution < -0.4 is 4.72 Å². The molecule has 0 aliphatic carbocycles. The molecule has 0 aromatic carbocycles. The molecule has 0 aromatic heterocycles. The van der Waals surface area contributed by atoms with E-state index in [9.17, 15) is 0 Å². The normalized spacial score (nSPS) is 15.8. The van der Waals surface area contributed by atoms with Crippen LogP contribution >= 0.6 is 11.4 Å². The highest BCUT2D eigenvalue weighted by atomic mass is 32.1. The molecule has 0 spiro atoms. The SMILES string of the molecule is C#SNCC(C)C(C)CCC. The van der Waals surface area contributed by atoms with Gasteiger partial charge in [0, 0.05) is 6.54 Å². The number of nitrogens with one attached hydrogen (secondary N) is 1. The van der Waals surface area contributed by atoms with Crippen molar-refractivity contribution in [1.29, 1.82) is 0 Å². The number of hydrogen-bond donors (Lipinski definition) is 1. The standard InChI is InChI=1S/C9H19NS/c1-5-6-8(2)9(3)7-10-11-4/h4,8-10H,5-7H2,1-3H3. The van der Waals surface area contributed by atoms with E-state index >= 15 is 0 Å². The molecule has 0 rings (SSSR count). The van der Waals surface area contributed by atoms with Crippen LogP contribution in [0.4, 0.5) is 0 Å². The van der Waals surface area contributed by atoms with Crippen LogP contribution in [0.25, 0.3) is 0 Å². The van der Waals surface area contributed by atoms with Crippen molar-refractivity contribution in [2.24, 2.45) is 11.8 Å². The van der Waals surface area contributed by atoms with Gasteiger partial charge < -0.3 is 0 Å². The molecule has 1 N–H and O–H groups in total. The summed E-state index contributed by atoms with van der Waals surface area (Å²) < 4.78 is 3.08. The molecule has 11 heavy (non-hydrogen) atoms. The lowest BCUT2D eigenvalue weighted by molar-refractivity contribution is 0.363. The maximum absolute atomic E-state index is 5.26. The second-order valence-corrected chi connectivity index (χ2v) is 3.73. The van der Waals surface area contributed by atoms with Crippen molar-refractivity contribution in [2.75, 3.05) is 6.54 Å². The fraction of sp³-hybridized carbons (Fsp3) is 0.889. The zero-order valence-electron chi connectivity index (χ0n) is 7.76. The van der Waals surface area contributed by atoms with Crippen molar-refractivity contribution < 1.29 is 0 Å². The van der Waals surface area contributed by atoms with Crippen LogP contribution in [-0.2, 0) is 0 Å². The first-order valence-electron chi connectivity index (χ1n) is 4.31. The highest BCUT2D eigenvalue weighted by Gasteiger charge is 2.09. The third-order valence-corrected chi connectivity index (χ3v) is 2.54. The van der Waals surface area contributed by atoms with E-state index in [1.165, 1.54) is 24.2 Å². The van der Waals surface area contributed by atoms with Crippen LogP contribution in [-0.4, -0.2) is 6.54 Å². The maximum Gasteiger partial charge on any atom is 0.0128 e. The molecule has 0 heterocycles. The molecule has 0 saturated carbocycles. The van der Waals surface area contributed by atoms with E-state index in [2.05, 4.69) is 25.5 Å². The van der Waals surface area contributed by atoms with Gasteiger partial charge in [-0.15, -0.1) is 0 Å². The van der Waals surface area contributed by atoms with E-state index in [0.717, 1.165) is 18.4 Å². The Morgan fingerprint density at radius 1 is 1.36 bits per heavy atom. The Bertz CT molecular complexity index is 128. The Balaban J connectivity index is 3.47. The van der Waals surface area contributed by atoms with Gasteiger partial charge in [0.1, 0.15) is 0 Å². The van der Waals surface area contributed by atoms with Crippen LogP contribution in [0.3, 0.4) is 0 Å². The summed E-state index contributed by atoms with van der Waals surface area (Å²) in [4.78, 5) is 0. The molecule has 0 amide bonds. The minimum Gasteiger partial charge on any atom is -0.239 e. The van der Waals surface area contributed by atoms with Crippen molar-refractivity contribution in [3.8, 4) is 5.69 Å². The largest absolute Gasteiger partial charge is 0.239 e. The van der Waals surface area contributed by atoms with Gasteiger partial charge in [-0.05, 0) is 11.8 Å². The summed E-state index contributed by atoms with van der Waals surface area (Å²) in [7, 11) is 0. The summed E-state index contributed by atoms with van der Waals surface area (Å²) in [5.41, 5.74) is 5.26. The predicted octanol–water partition coefficient (Wildman–Crippen LogP) is 2.89.